The summed E-state index contributed by atoms with van der Waals surface area (Å²) in [5.41, 5.74) is 7.65. The molecule has 2 aromatic heterocycles. The van der Waals surface area contributed by atoms with Gasteiger partial charge in [0.1, 0.15) is 11.9 Å². The van der Waals surface area contributed by atoms with Crippen molar-refractivity contribution in [1.82, 2.24) is 30.3 Å². The van der Waals surface area contributed by atoms with Crippen molar-refractivity contribution in [2.45, 2.75) is 56.7 Å². The molecule has 0 bridgehead atoms. The molecule has 2 aromatic rings. The number of imidazole rings is 1. The van der Waals surface area contributed by atoms with Crippen LogP contribution < -0.4 is 10.9 Å². The number of pyridine rings is 1. The Labute approximate surface area is 165 Å². The third-order valence-corrected chi connectivity index (χ3v) is 6.59. The summed E-state index contributed by atoms with van der Waals surface area (Å²) in [5.74, 6) is 2.05. The number of carbonyl (C=O) groups is 1. The molecule has 1 aliphatic carbocycles. The van der Waals surface area contributed by atoms with Crippen molar-refractivity contribution in [2.24, 2.45) is 5.92 Å². The predicted molar refractivity (Wildman–Crippen MR) is 105 cm³/mol. The van der Waals surface area contributed by atoms with Gasteiger partial charge in [0.15, 0.2) is 0 Å². The third kappa shape index (κ3) is 3.33. The second-order valence-electron chi connectivity index (χ2n) is 8.33. The zero-order valence-electron chi connectivity index (χ0n) is 16.1. The molecule has 2 N–H and O–H groups in total. The van der Waals surface area contributed by atoms with Crippen LogP contribution in [0.2, 0.25) is 0 Å². The number of fused-ring (bicyclic) bond motifs is 1. The number of hydrogen-bond donors (Lipinski definition) is 2. The molecule has 2 saturated heterocycles. The van der Waals surface area contributed by atoms with Gasteiger partial charge in [-0.3, -0.25) is 15.2 Å². The van der Waals surface area contributed by atoms with E-state index in [2.05, 4.69) is 30.3 Å². The quantitative estimate of drug-likeness (QED) is 0.844. The molecular weight excluding hydrogens is 352 g/mol. The number of hydrogen-bond acceptors (Lipinski definition) is 5. The molecular formula is C21H28N6O. The van der Waals surface area contributed by atoms with Crippen LogP contribution in [0.3, 0.4) is 0 Å². The Hall–Kier alpha value is -2.25. The van der Waals surface area contributed by atoms with Crippen LogP contribution in [0.1, 0.15) is 49.5 Å². The molecule has 148 valence electrons. The molecule has 1 saturated carbocycles. The van der Waals surface area contributed by atoms with Gasteiger partial charge < -0.3 is 9.47 Å². The number of aromatic nitrogens is 3. The van der Waals surface area contributed by atoms with Gasteiger partial charge in [-0.2, -0.15) is 0 Å². The summed E-state index contributed by atoms with van der Waals surface area (Å²) in [4.78, 5) is 24.4. The van der Waals surface area contributed by atoms with Gasteiger partial charge in [0.25, 0.3) is 0 Å². The minimum atomic E-state index is -0.0699. The Bertz CT molecular complexity index is 821. The topological polar surface area (TPSA) is 75.1 Å². The number of nitrogens with zero attached hydrogens (tertiary/aromatic N) is 4. The molecule has 0 aromatic carbocycles. The first-order valence-corrected chi connectivity index (χ1v) is 10.5. The molecule has 4 atom stereocenters. The van der Waals surface area contributed by atoms with Crippen LogP contribution in [0.4, 0.5) is 0 Å². The molecule has 28 heavy (non-hydrogen) atoms. The number of hydrazine groups is 1. The van der Waals surface area contributed by atoms with E-state index in [0.29, 0.717) is 12.0 Å². The number of amides is 1. The van der Waals surface area contributed by atoms with Crippen LogP contribution in [-0.4, -0.2) is 50.5 Å². The fraction of sp³-hybridized carbons (Fsp3) is 0.571. The van der Waals surface area contributed by atoms with Crippen LogP contribution in [-0.2, 0) is 11.3 Å². The van der Waals surface area contributed by atoms with E-state index in [0.717, 1.165) is 50.4 Å². The molecule has 3 aliphatic rings. The molecule has 4 heterocycles. The van der Waals surface area contributed by atoms with Crippen molar-refractivity contribution in [2.75, 3.05) is 13.1 Å². The standard InChI is InChI=1S/C21H28N6O/c28-21(19-17-7-3-8-18(17)24-25-19)27-11-4-5-15(13-27)20-23-10-12-26(20)14-16-6-1-2-9-22-16/h1-2,6,9-10,12,15,17-19,24-25H,3-5,7-8,11,13-14H2. The number of rotatable bonds is 4. The highest BCUT2D eigenvalue weighted by molar-refractivity contribution is 5.83. The number of nitrogens with one attached hydrogen (secondary N) is 2. The minimum absolute atomic E-state index is 0.0699. The van der Waals surface area contributed by atoms with Crippen LogP contribution in [0.25, 0.3) is 0 Å². The van der Waals surface area contributed by atoms with Crippen molar-refractivity contribution in [3.63, 3.8) is 0 Å². The highest BCUT2D eigenvalue weighted by atomic mass is 16.2. The Balaban J connectivity index is 1.29. The van der Waals surface area contributed by atoms with E-state index in [1.54, 1.807) is 0 Å². The van der Waals surface area contributed by atoms with E-state index < -0.39 is 0 Å². The van der Waals surface area contributed by atoms with E-state index in [-0.39, 0.29) is 17.9 Å². The average molecular weight is 380 g/mol. The summed E-state index contributed by atoms with van der Waals surface area (Å²) >= 11 is 0. The van der Waals surface area contributed by atoms with Crippen molar-refractivity contribution in [1.29, 1.82) is 0 Å². The summed E-state index contributed by atoms with van der Waals surface area (Å²) in [5, 5.41) is 0. The van der Waals surface area contributed by atoms with Crippen LogP contribution in [0, 0.1) is 5.92 Å². The molecule has 1 amide bonds. The van der Waals surface area contributed by atoms with Gasteiger partial charge in [-0.15, -0.1) is 0 Å². The lowest BCUT2D eigenvalue weighted by molar-refractivity contribution is -0.135. The summed E-state index contributed by atoms with van der Waals surface area (Å²) in [6.45, 7) is 2.33. The first kappa shape index (κ1) is 17.8. The van der Waals surface area contributed by atoms with Crippen molar-refractivity contribution < 1.29 is 4.79 Å². The summed E-state index contributed by atoms with van der Waals surface area (Å²) in [6, 6.07) is 6.38. The van der Waals surface area contributed by atoms with Gasteiger partial charge in [-0.1, -0.05) is 12.5 Å². The third-order valence-electron chi connectivity index (χ3n) is 6.59. The van der Waals surface area contributed by atoms with Crippen molar-refractivity contribution in [3.05, 3.63) is 48.3 Å². The van der Waals surface area contributed by atoms with E-state index in [9.17, 15) is 4.79 Å². The average Bonchev–Trinajstić information content (AvgIpc) is 3.45. The molecule has 7 heteroatoms. The highest BCUT2D eigenvalue weighted by Gasteiger charge is 2.44. The summed E-state index contributed by atoms with van der Waals surface area (Å²) in [6.07, 6.45) is 11.4. The smallest absolute Gasteiger partial charge is 0.241 e. The molecule has 3 fully saturated rings. The summed E-state index contributed by atoms with van der Waals surface area (Å²) in [7, 11) is 0. The monoisotopic (exact) mass is 380 g/mol. The number of piperidine rings is 1. The largest absolute Gasteiger partial charge is 0.341 e. The summed E-state index contributed by atoms with van der Waals surface area (Å²) < 4.78 is 2.18. The molecule has 2 aliphatic heterocycles. The zero-order valence-corrected chi connectivity index (χ0v) is 16.1. The fourth-order valence-corrected chi connectivity index (χ4v) is 5.18. The lowest BCUT2D eigenvalue weighted by atomic mass is 9.93. The Morgan fingerprint density at radius 3 is 2.96 bits per heavy atom. The minimum Gasteiger partial charge on any atom is -0.341 e. The van der Waals surface area contributed by atoms with Gasteiger partial charge >= 0.3 is 0 Å². The second kappa shape index (κ2) is 7.64. The van der Waals surface area contributed by atoms with Crippen LogP contribution in [0.15, 0.2) is 36.8 Å². The Morgan fingerprint density at radius 2 is 2.07 bits per heavy atom. The van der Waals surface area contributed by atoms with E-state index in [1.165, 1.54) is 12.8 Å². The molecule has 7 nitrogen and oxygen atoms in total. The molecule has 0 radical (unpaired) electrons. The normalized spacial score (nSPS) is 29.8. The zero-order chi connectivity index (χ0) is 18.9. The van der Waals surface area contributed by atoms with Crippen molar-refractivity contribution in [3.8, 4) is 0 Å². The number of carbonyl (C=O) groups excluding carboxylic acids is 1. The van der Waals surface area contributed by atoms with Crippen LogP contribution in [0.5, 0.6) is 0 Å². The predicted octanol–water partition coefficient (Wildman–Crippen LogP) is 1.68. The molecule has 5 rings (SSSR count). The first-order valence-electron chi connectivity index (χ1n) is 10.5. The highest BCUT2D eigenvalue weighted by Crippen LogP contribution is 2.33. The van der Waals surface area contributed by atoms with E-state index in [1.807, 2.05) is 36.8 Å². The lowest BCUT2D eigenvalue weighted by Crippen LogP contribution is -2.50. The Morgan fingerprint density at radius 1 is 1.11 bits per heavy atom. The SMILES string of the molecule is O=C(C1NNC2CCCC21)N1CCCC(c2nccn2Cc2ccccn2)C1. The number of likely N-dealkylation sites (tertiary alicyclic amines) is 1. The van der Waals surface area contributed by atoms with Gasteiger partial charge in [0, 0.05) is 49.6 Å². The van der Waals surface area contributed by atoms with E-state index in [4.69, 9.17) is 0 Å². The van der Waals surface area contributed by atoms with Crippen molar-refractivity contribution >= 4 is 5.91 Å². The van der Waals surface area contributed by atoms with Gasteiger partial charge in [0.2, 0.25) is 5.91 Å². The van der Waals surface area contributed by atoms with E-state index >= 15 is 0 Å². The van der Waals surface area contributed by atoms with Crippen LogP contribution >= 0.6 is 0 Å². The van der Waals surface area contributed by atoms with Gasteiger partial charge in [-0.25, -0.2) is 10.4 Å². The Kier molecular flexibility index (Phi) is 4.86. The maximum Gasteiger partial charge on any atom is 0.241 e. The maximum absolute atomic E-state index is 13.2. The maximum atomic E-state index is 13.2. The fourth-order valence-electron chi connectivity index (χ4n) is 5.18. The van der Waals surface area contributed by atoms with Gasteiger partial charge in [-0.05, 0) is 37.8 Å². The second-order valence-corrected chi connectivity index (χ2v) is 8.33. The lowest BCUT2D eigenvalue weighted by Gasteiger charge is -2.35. The molecule has 4 unspecified atom stereocenters. The molecule has 0 spiro atoms. The van der Waals surface area contributed by atoms with Gasteiger partial charge in [0.05, 0.1) is 12.2 Å². The first-order chi connectivity index (χ1) is 13.8.